The van der Waals surface area contributed by atoms with Crippen molar-refractivity contribution in [1.82, 2.24) is 25.3 Å². The van der Waals surface area contributed by atoms with E-state index in [1.807, 2.05) is 24.3 Å². The minimum Gasteiger partial charge on any atom is -0.369 e. The maximum Gasteiger partial charge on any atom is 0.256 e. The number of amides is 1. The van der Waals surface area contributed by atoms with Gasteiger partial charge < -0.3 is 10.6 Å². The van der Waals surface area contributed by atoms with Crippen molar-refractivity contribution in [2.24, 2.45) is 0 Å². The molecule has 0 saturated carbocycles. The van der Waals surface area contributed by atoms with Crippen molar-refractivity contribution in [3.8, 4) is 11.4 Å². The van der Waals surface area contributed by atoms with Gasteiger partial charge in [-0.1, -0.05) is 12.1 Å². The zero-order chi connectivity index (χ0) is 23.0. The highest BCUT2D eigenvalue weighted by atomic mass is 19.2. The number of carbonyl (C=O) groups is 1. The molecule has 0 atom stereocenters. The number of nitrogens with one attached hydrogen (secondary N) is 2. The Morgan fingerprint density at radius 2 is 1.64 bits per heavy atom. The van der Waals surface area contributed by atoms with Gasteiger partial charge in [-0.05, 0) is 42.5 Å². The number of aromatic nitrogens is 4. The van der Waals surface area contributed by atoms with Crippen molar-refractivity contribution in [3.05, 3.63) is 102 Å². The first-order chi connectivity index (χ1) is 16.1. The summed E-state index contributed by atoms with van der Waals surface area (Å²) in [6, 6.07) is 14.5. The molecule has 0 saturated heterocycles. The molecule has 9 heteroatoms. The van der Waals surface area contributed by atoms with Crippen molar-refractivity contribution in [2.75, 3.05) is 11.9 Å². The summed E-state index contributed by atoms with van der Waals surface area (Å²) < 4.78 is 27.0. The lowest BCUT2D eigenvalue weighted by Gasteiger charge is -2.13. The van der Waals surface area contributed by atoms with E-state index in [-0.39, 0.29) is 23.8 Å². The highest BCUT2D eigenvalue weighted by Crippen LogP contribution is 2.21. The number of rotatable bonds is 8. The fraction of sp³-hybridized carbons (Fsp3) is 0.125. The molecule has 1 aromatic carbocycles. The third-order valence-electron chi connectivity index (χ3n) is 4.77. The largest absolute Gasteiger partial charge is 0.369 e. The van der Waals surface area contributed by atoms with Crippen LogP contribution in [0.3, 0.4) is 0 Å². The number of anilines is 1. The number of nitrogens with zero attached hydrogens (tertiary/aromatic N) is 4. The highest BCUT2D eigenvalue weighted by molar-refractivity contribution is 5.98. The average molecular weight is 446 g/mol. The molecule has 7 nitrogen and oxygen atoms in total. The molecule has 3 aromatic heterocycles. The Morgan fingerprint density at radius 1 is 0.879 bits per heavy atom. The fourth-order valence-corrected chi connectivity index (χ4v) is 3.08. The monoisotopic (exact) mass is 446 g/mol. The summed E-state index contributed by atoms with van der Waals surface area (Å²) in [6.07, 6.45) is 5.31. The number of pyridine rings is 2. The molecule has 0 aliphatic rings. The van der Waals surface area contributed by atoms with Gasteiger partial charge in [0.25, 0.3) is 5.91 Å². The molecule has 0 radical (unpaired) electrons. The molecule has 0 fully saturated rings. The molecule has 4 rings (SSSR count). The predicted molar refractivity (Wildman–Crippen MR) is 119 cm³/mol. The van der Waals surface area contributed by atoms with Gasteiger partial charge in [-0.25, -0.2) is 18.7 Å². The standard InChI is InChI=1S/C24H20F2N6O/c25-20-8-7-16(13-21(20)26)22-30-15-19(24(33)31-14-18-6-2-4-11-28-18)23(32-22)29-12-9-17-5-1-3-10-27-17/h1-8,10-11,13,15H,9,12,14H2,(H,31,33)(H,29,30,32). The number of hydrogen-bond donors (Lipinski definition) is 2. The van der Waals surface area contributed by atoms with Crippen molar-refractivity contribution >= 4 is 11.7 Å². The molecule has 3 heterocycles. The first kappa shape index (κ1) is 21.9. The van der Waals surface area contributed by atoms with E-state index in [0.717, 1.165) is 17.8 Å². The van der Waals surface area contributed by atoms with Crippen LogP contribution >= 0.6 is 0 Å². The van der Waals surface area contributed by atoms with Gasteiger partial charge in [-0.2, -0.15) is 0 Å². The van der Waals surface area contributed by atoms with Crippen molar-refractivity contribution in [1.29, 1.82) is 0 Å². The molecule has 33 heavy (non-hydrogen) atoms. The second-order valence-corrected chi connectivity index (χ2v) is 7.09. The van der Waals surface area contributed by atoms with E-state index < -0.39 is 17.5 Å². The molecule has 0 aliphatic carbocycles. The molecular formula is C24H20F2N6O. The van der Waals surface area contributed by atoms with Crippen LogP contribution < -0.4 is 10.6 Å². The Hall–Kier alpha value is -4.27. The lowest BCUT2D eigenvalue weighted by molar-refractivity contribution is 0.0950. The SMILES string of the molecule is O=C(NCc1ccccn1)c1cnc(-c2ccc(F)c(F)c2)nc1NCCc1ccccn1. The van der Waals surface area contributed by atoms with Crippen molar-refractivity contribution in [2.45, 2.75) is 13.0 Å². The Balaban J connectivity index is 1.56. The third-order valence-corrected chi connectivity index (χ3v) is 4.77. The van der Waals surface area contributed by atoms with E-state index in [9.17, 15) is 13.6 Å². The Labute approximate surface area is 189 Å². The predicted octanol–water partition coefficient (Wildman–Crippen LogP) is 3.80. The van der Waals surface area contributed by atoms with Crippen LogP contribution in [0.4, 0.5) is 14.6 Å². The van der Waals surface area contributed by atoms with Gasteiger partial charge in [-0.3, -0.25) is 14.8 Å². The maximum absolute atomic E-state index is 13.7. The van der Waals surface area contributed by atoms with Crippen LogP contribution in [0.2, 0.25) is 0 Å². The summed E-state index contributed by atoms with van der Waals surface area (Å²) in [7, 11) is 0. The van der Waals surface area contributed by atoms with Crippen LogP contribution in [0, 0.1) is 11.6 Å². The van der Waals surface area contributed by atoms with Crippen LogP contribution in [-0.4, -0.2) is 32.4 Å². The van der Waals surface area contributed by atoms with Gasteiger partial charge in [0.05, 0.1) is 12.2 Å². The molecule has 0 bridgehead atoms. The number of hydrogen-bond acceptors (Lipinski definition) is 6. The summed E-state index contributed by atoms with van der Waals surface area (Å²) in [4.78, 5) is 29.9. The van der Waals surface area contributed by atoms with Crippen LogP contribution in [-0.2, 0) is 13.0 Å². The van der Waals surface area contributed by atoms with Gasteiger partial charge in [-0.15, -0.1) is 0 Å². The molecule has 0 unspecified atom stereocenters. The van der Waals surface area contributed by atoms with E-state index in [4.69, 9.17) is 0 Å². The summed E-state index contributed by atoms with van der Waals surface area (Å²) in [5.41, 5.74) is 2.09. The zero-order valence-corrected chi connectivity index (χ0v) is 17.5. The Kier molecular flexibility index (Phi) is 6.89. The lowest BCUT2D eigenvalue weighted by atomic mass is 10.2. The Morgan fingerprint density at radius 3 is 2.33 bits per heavy atom. The van der Waals surface area contributed by atoms with Gasteiger partial charge in [0.2, 0.25) is 0 Å². The average Bonchev–Trinajstić information content (AvgIpc) is 2.85. The normalized spacial score (nSPS) is 10.6. The van der Waals surface area contributed by atoms with Crippen LogP contribution in [0.1, 0.15) is 21.7 Å². The smallest absolute Gasteiger partial charge is 0.256 e. The van der Waals surface area contributed by atoms with E-state index in [1.165, 1.54) is 12.3 Å². The molecule has 1 amide bonds. The zero-order valence-electron chi connectivity index (χ0n) is 17.5. The topological polar surface area (TPSA) is 92.7 Å². The summed E-state index contributed by atoms with van der Waals surface area (Å²) >= 11 is 0. The fourth-order valence-electron chi connectivity index (χ4n) is 3.08. The van der Waals surface area contributed by atoms with Gasteiger partial charge >= 0.3 is 0 Å². The maximum atomic E-state index is 13.7. The third kappa shape index (κ3) is 5.70. The quantitative estimate of drug-likeness (QED) is 0.428. The van der Waals surface area contributed by atoms with E-state index in [0.29, 0.717) is 24.2 Å². The molecule has 0 aliphatic heterocycles. The van der Waals surface area contributed by atoms with Gasteiger partial charge in [0.15, 0.2) is 17.5 Å². The molecule has 2 N–H and O–H groups in total. The summed E-state index contributed by atoms with van der Waals surface area (Å²) in [5, 5.41) is 5.94. The minimum absolute atomic E-state index is 0.163. The van der Waals surface area contributed by atoms with Crippen LogP contribution in [0.5, 0.6) is 0 Å². The molecular weight excluding hydrogens is 426 g/mol. The minimum atomic E-state index is -1.00. The lowest BCUT2D eigenvalue weighted by Crippen LogP contribution is -2.25. The number of carbonyl (C=O) groups excluding carboxylic acids is 1. The number of benzene rings is 1. The Bertz CT molecular complexity index is 1240. The molecule has 0 spiro atoms. The first-order valence-corrected chi connectivity index (χ1v) is 10.2. The van der Waals surface area contributed by atoms with Crippen LogP contribution in [0.25, 0.3) is 11.4 Å². The van der Waals surface area contributed by atoms with E-state index >= 15 is 0 Å². The summed E-state index contributed by atoms with van der Waals surface area (Å²) in [5.74, 6) is -1.91. The van der Waals surface area contributed by atoms with Crippen LogP contribution in [0.15, 0.2) is 73.2 Å². The molecule has 4 aromatic rings. The first-order valence-electron chi connectivity index (χ1n) is 10.2. The number of halogens is 2. The van der Waals surface area contributed by atoms with E-state index in [1.54, 1.807) is 24.5 Å². The second-order valence-electron chi connectivity index (χ2n) is 7.09. The molecule has 166 valence electrons. The highest BCUT2D eigenvalue weighted by Gasteiger charge is 2.16. The summed E-state index contributed by atoms with van der Waals surface area (Å²) in [6.45, 7) is 0.684. The van der Waals surface area contributed by atoms with Gasteiger partial charge in [0.1, 0.15) is 11.4 Å². The second kappa shape index (κ2) is 10.4. The van der Waals surface area contributed by atoms with Crippen molar-refractivity contribution in [3.63, 3.8) is 0 Å². The van der Waals surface area contributed by atoms with E-state index in [2.05, 4.69) is 30.6 Å². The van der Waals surface area contributed by atoms with Gasteiger partial charge in [0, 0.05) is 42.8 Å². The van der Waals surface area contributed by atoms with Crippen molar-refractivity contribution < 1.29 is 13.6 Å².